The van der Waals surface area contributed by atoms with Gasteiger partial charge in [0, 0.05) is 11.1 Å². The summed E-state index contributed by atoms with van der Waals surface area (Å²) in [7, 11) is 0. The maximum absolute atomic E-state index is 6.00. The first kappa shape index (κ1) is 23.0. The second-order valence-corrected chi connectivity index (χ2v) is 7.22. The van der Waals surface area contributed by atoms with E-state index in [9.17, 15) is 0 Å². The first-order valence-corrected chi connectivity index (χ1v) is 9.12. The SMILES string of the molecule is C=C/C=C(/C(C)C)C(C)/C=C(/CC)C(C)(C)C(/C=C(/N)C=C)=C/C=C. The highest BCUT2D eigenvalue weighted by molar-refractivity contribution is 5.40. The molecule has 0 aliphatic heterocycles. The third kappa shape index (κ3) is 6.78. The van der Waals surface area contributed by atoms with Crippen molar-refractivity contribution in [2.45, 2.75) is 48.0 Å². The van der Waals surface area contributed by atoms with Crippen LogP contribution < -0.4 is 5.73 Å². The Morgan fingerprint density at radius 1 is 1.04 bits per heavy atom. The molecule has 1 unspecified atom stereocenters. The maximum atomic E-state index is 6.00. The van der Waals surface area contributed by atoms with Gasteiger partial charge in [-0.1, -0.05) is 103 Å². The summed E-state index contributed by atoms with van der Waals surface area (Å²) in [5, 5.41) is 0. The lowest BCUT2D eigenvalue weighted by atomic mass is 9.73. The first-order valence-electron chi connectivity index (χ1n) is 9.12. The second-order valence-electron chi connectivity index (χ2n) is 7.22. The average molecular weight is 340 g/mol. The van der Waals surface area contributed by atoms with Crippen LogP contribution in [0.2, 0.25) is 0 Å². The van der Waals surface area contributed by atoms with E-state index in [0.717, 1.165) is 12.0 Å². The number of nitrogens with two attached hydrogens (primary N) is 1. The molecule has 0 aromatic rings. The lowest BCUT2D eigenvalue weighted by molar-refractivity contribution is 0.523. The Labute approximate surface area is 156 Å². The lowest BCUT2D eigenvalue weighted by Crippen LogP contribution is -2.19. The van der Waals surface area contributed by atoms with E-state index in [1.807, 2.05) is 24.3 Å². The van der Waals surface area contributed by atoms with E-state index < -0.39 is 0 Å². The van der Waals surface area contributed by atoms with Crippen molar-refractivity contribution in [1.82, 2.24) is 0 Å². The molecule has 1 atom stereocenters. The van der Waals surface area contributed by atoms with Crippen molar-refractivity contribution in [3.63, 3.8) is 0 Å². The molecular weight excluding hydrogens is 302 g/mol. The van der Waals surface area contributed by atoms with E-state index in [0.29, 0.717) is 17.5 Å². The van der Waals surface area contributed by atoms with Crippen molar-refractivity contribution in [3.05, 3.63) is 84.7 Å². The zero-order valence-corrected chi connectivity index (χ0v) is 17.1. The number of allylic oxidation sites excluding steroid dienone is 10. The second kappa shape index (κ2) is 10.8. The Kier molecular flexibility index (Phi) is 9.89. The van der Waals surface area contributed by atoms with Crippen LogP contribution in [-0.2, 0) is 0 Å². The largest absolute Gasteiger partial charge is 0.399 e. The molecule has 0 rings (SSSR count). The van der Waals surface area contributed by atoms with E-state index in [1.54, 1.807) is 6.08 Å². The predicted molar refractivity (Wildman–Crippen MR) is 115 cm³/mol. The van der Waals surface area contributed by atoms with Gasteiger partial charge in [0.1, 0.15) is 0 Å². The van der Waals surface area contributed by atoms with Gasteiger partial charge in [0.25, 0.3) is 0 Å². The van der Waals surface area contributed by atoms with Gasteiger partial charge in [0.15, 0.2) is 0 Å². The first-order chi connectivity index (χ1) is 11.6. The van der Waals surface area contributed by atoms with Crippen LogP contribution in [0.5, 0.6) is 0 Å². The number of rotatable bonds is 10. The molecule has 0 fully saturated rings. The van der Waals surface area contributed by atoms with E-state index in [-0.39, 0.29) is 5.41 Å². The quantitative estimate of drug-likeness (QED) is 0.340. The summed E-state index contributed by atoms with van der Waals surface area (Å²) in [5.41, 5.74) is 10.4. The van der Waals surface area contributed by atoms with Crippen LogP contribution in [0.25, 0.3) is 0 Å². The van der Waals surface area contributed by atoms with Crippen LogP contribution in [-0.4, -0.2) is 0 Å². The molecule has 0 aromatic carbocycles. The van der Waals surface area contributed by atoms with Crippen LogP contribution in [0.3, 0.4) is 0 Å². The van der Waals surface area contributed by atoms with Gasteiger partial charge in [-0.3, -0.25) is 0 Å². The van der Waals surface area contributed by atoms with Gasteiger partial charge < -0.3 is 5.73 Å². The molecule has 0 amide bonds. The predicted octanol–water partition coefficient (Wildman–Crippen LogP) is 6.89. The highest BCUT2D eigenvalue weighted by atomic mass is 14.6. The summed E-state index contributed by atoms with van der Waals surface area (Å²) in [6.07, 6.45) is 14.9. The molecule has 0 spiro atoms. The minimum absolute atomic E-state index is 0.138. The summed E-state index contributed by atoms with van der Waals surface area (Å²) < 4.78 is 0. The van der Waals surface area contributed by atoms with E-state index in [4.69, 9.17) is 5.73 Å². The lowest BCUT2D eigenvalue weighted by Gasteiger charge is -2.31. The van der Waals surface area contributed by atoms with E-state index >= 15 is 0 Å². The molecule has 0 heterocycles. The van der Waals surface area contributed by atoms with Crippen LogP contribution in [0, 0.1) is 17.3 Å². The number of hydrogen-bond donors (Lipinski definition) is 1. The molecule has 0 aromatic heterocycles. The Bertz CT molecular complexity index is 592. The Balaban J connectivity index is 6.08. The standard InChI is InChI=1S/C24H37N/c1-10-14-21(17-22(25)13-4)24(8,9)20(12-3)16-19(7)23(15-11-2)18(5)6/h10-11,13-19H,1-2,4,12,25H2,3,5-9H3/b20-16-,21-14+,22-17+,23-15-. The highest BCUT2D eigenvalue weighted by Crippen LogP contribution is 2.39. The third-order valence-corrected chi connectivity index (χ3v) is 4.71. The molecule has 25 heavy (non-hydrogen) atoms. The van der Waals surface area contributed by atoms with Crippen LogP contribution in [0.4, 0.5) is 0 Å². The fraction of sp³-hybridized carbons (Fsp3) is 0.417. The fourth-order valence-electron chi connectivity index (χ4n) is 3.16. The van der Waals surface area contributed by atoms with Crippen molar-refractivity contribution >= 4 is 0 Å². The fourth-order valence-corrected chi connectivity index (χ4v) is 3.16. The molecule has 0 saturated carbocycles. The zero-order valence-electron chi connectivity index (χ0n) is 17.1. The van der Waals surface area contributed by atoms with Crippen molar-refractivity contribution < 1.29 is 0 Å². The van der Waals surface area contributed by atoms with Crippen molar-refractivity contribution in [2.24, 2.45) is 23.0 Å². The van der Waals surface area contributed by atoms with Gasteiger partial charge in [-0.2, -0.15) is 0 Å². The van der Waals surface area contributed by atoms with E-state index in [1.165, 1.54) is 11.1 Å². The third-order valence-electron chi connectivity index (χ3n) is 4.71. The van der Waals surface area contributed by atoms with Gasteiger partial charge in [-0.25, -0.2) is 0 Å². The smallest absolute Gasteiger partial charge is 0.0311 e. The van der Waals surface area contributed by atoms with Gasteiger partial charge in [-0.15, -0.1) is 0 Å². The Hall–Kier alpha value is -2.02. The molecule has 138 valence electrons. The number of hydrogen-bond acceptors (Lipinski definition) is 1. The molecule has 2 N–H and O–H groups in total. The average Bonchev–Trinajstić information content (AvgIpc) is 2.55. The summed E-state index contributed by atoms with van der Waals surface area (Å²) in [5.74, 6) is 0.850. The van der Waals surface area contributed by atoms with Crippen LogP contribution >= 0.6 is 0 Å². The van der Waals surface area contributed by atoms with Gasteiger partial charge in [-0.05, 0) is 36.0 Å². The summed E-state index contributed by atoms with van der Waals surface area (Å²) in [6, 6.07) is 0. The van der Waals surface area contributed by atoms with Crippen molar-refractivity contribution in [1.29, 1.82) is 0 Å². The highest BCUT2D eigenvalue weighted by Gasteiger charge is 2.26. The van der Waals surface area contributed by atoms with Gasteiger partial charge in [0.05, 0.1) is 0 Å². The molecule has 0 saturated heterocycles. The normalized spacial score (nSPS) is 16.0. The van der Waals surface area contributed by atoms with Gasteiger partial charge >= 0.3 is 0 Å². The summed E-state index contributed by atoms with van der Waals surface area (Å²) in [6.45, 7) is 24.9. The summed E-state index contributed by atoms with van der Waals surface area (Å²) >= 11 is 0. The van der Waals surface area contributed by atoms with Gasteiger partial charge in [0.2, 0.25) is 0 Å². The van der Waals surface area contributed by atoms with Crippen molar-refractivity contribution in [2.75, 3.05) is 0 Å². The van der Waals surface area contributed by atoms with Crippen molar-refractivity contribution in [3.8, 4) is 0 Å². The Morgan fingerprint density at radius 3 is 2.00 bits per heavy atom. The molecule has 1 nitrogen and oxygen atoms in total. The monoisotopic (exact) mass is 339 g/mol. The maximum Gasteiger partial charge on any atom is 0.0311 e. The topological polar surface area (TPSA) is 26.0 Å². The molecule has 1 heteroatoms. The summed E-state index contributed by atoms with van der Waals surface area (Å²) in [4.78, 5) is 0. The van der Waals surface area contributed by atoms with Crippen LogP contribution in [0.15, 0.2) is 84.7 Å². The minimum Gasteiger partial charge on any atom is -0.399 e. The molecule has 0 aliphatic rings. The molecular formula is C24H37N. The minimum atomic E-state index is -0.138. The molecule has 0 radical (unpaired) electrons. The van der Waals surface area contributed by atoms with Crippen LogP contribution in [0.1, 0.15) is 48.0 Å². The van der Waals surface area contributed by atoms with E-state index in [2.05, 4.69) is 73.4 Å². The Morgan fingerprint density at radius 2 is 1.60 bits per heavy atom. The molecule has 0 aliphatic carbocycles. The zero-order chi connectivity index (χ0) is 19.6. The molecule has 0 bridgehead atoms.